The minimum absolute atomic E-state index is 0.155. The fourth-order valence-corrected chi connectivity index (χ4v) is 1.25. The van der Waals surface area contributed by atoms with Crippen LogP contribution >= 0.6 is 23.2 Å². The lowest BCUT2D eigenvalue weighted by Crippen LogP contribution is -1.91. The molecule has 2 aromatic rings. The molecule has 0 radical (unpaired) electrons. The van der Waals surface area contributed by atoms with E-state index in [2.05, 4.69) is 19.9 Å². The highest BCUT2D eigenvalue weighted by Crippen LogP contribution is 2.17. The van der Waals surface area contributed by atoms with Crippen LogP contribution in [0.5, 0.6) is 0 Å². The van der Waals surface area contributed by atoms with E-state index in [0.29, 0.717) is 11.0 Å². The first-order valence-corrected chi connectivity index (χ1v) is 4.48. The fraction of sp³-hybridized carbons (Fsp3) is 0. The number of aromatic nitrogens is 4. The van der Waals surface area contributed by atoms with Crippen molar-refractivity contribution in [1.82, 2.24) is 19.9 Å². The Balaban J connectivity index is 2.49. The first kappa shape index (κ1) is 9.30. The summed E-state index contributed by atoms with van der Waals surface area (Å²) in [7, 11) is 0. The van der Waals surface area contributed by atoms with Gasteiger partial charge in [0.1, 0.15) is 11.5 Å². The maximum atomic E-state index is 5.72. The van der Waals surface area contributed by atoms with Crippen LogP contribution in [0.3, 0.4) is 0 Å². The van der Waals surface area contributed by atoms with E-state index in [1.165, 1.54) is 6.33 Å². The van der Waals surface area contributed by atoms with Crippen molar-refractivity contribution < 1.29 is 0 Å². The Bertz CT molecular complexity index is 417. The van der Waals surface area contributed by atoms with Gasteiger partial charge in [0.05, 0.1) is 0 Å². The highest BCUT2D eigenvalue weighted by atomic mass is 35.5. The normalized spacial score (nSPS) is 10.1. The maximum Gasteiger partial charge on any atom is 0.225 e. The van der Waals surface area contributed by atoms with Crippen LogP contribution < -0.4 is 0 Å². The summed E-state index contributed by atoms with van der Waals surface area (Å²) in [5, 5.41) is 0.543. The first-order chi connectivity index (χ1) is 6.75. The maximum absolute atomic E-state index is 5.72. The molecule has 14 heavy (non-hydrogen) atoms. The molecule has 2 heterocycles. The first-order valence-electron chi connectivity index (χ1n) is 3.72. The molecule has 0 atom stereocenters. The van der Waals surface area contributed by atoms with Crippen LogP contribution in [-0.4, -0.2) is 19.9 Å². The standard InChI is InChI=1S/C8H4Cl2N4/c9-6-3-5(1-2-11-6)7-12-4-13-8(10)14-7/h1-4H. The zero-order valence-electron chi connectivity index (χ0n) is 6.85. The molecule has 0 aromatic carbocycles. The zero-order chi connectivity index (χ0) is 9.97. The van der Waals surface area contributed by atoms with E-state index >= 15 is 0 Å². The van der Waals surface area contributed by atoms with E-state index in [1.54, 1.807) is 18.3 Å². The van der Waals surface area contributed by atoms with Crippen LogP contribution in [0.15, 0.2) is 24.7 Å². The Kier molecular flexibility index (Phi) is 2.56. The van der Waals surface area contributed by atoms with E-state index in [0.717, 1.165) is 5.56 Å². The minimum atomic E-state index is 0.155. The van der Waals surface area contributed by atoms with Crippen molar-refractivity contribution in [3.8, 4) is 11.4 Å². The molecule has 0 amide bonds. The number of hydrogen-bond acceptors (Lipinski definition) is 4. The van der Waals surface area contributed by atoms with E-state index in [-0.39, 0.29) is 5.28 Å². The van der Waals surface area contributed by atoms with Gasteiger partial charge in [-0.3, -0.25) is 0 Å². The molecule has 2 rings (SSSR count). The van der Waals surface area contributed by atoms with Crippen LogP contribution in [-0.2, 0) is 0 Å². The third-order valence-corrected chi connectivity index (χ3v) is 1.92. The Hall–Kier alpha value is -1.26. The predicted molar refractivity (Wildman–Crippen MR) is 53.1 cm³/mol. The van der Waals surface area contributed by atoms with Gasteiger partial charge in [0.2, 0.25) is 5.28 Å². The molecule has 0 bridgehead atoms. The molecule has 0 aliphatic carbocycles. The average molecular weight is 227 g/mol. The van der Waals surface area contributed by atoms with Gasteiger partial charge in [-0.15, -0.1) is 0 Å². The zero-order valence-corrected chi connectivity index (χ0v) is 8.37. The molecule has 0 aliphatic rings. The topological polar surface area (TPSA) is 51.6 Å². The molecule has 0 aliphatic heterocycles. The van der Waals surface area contributed by atoms with Crippen molar-refractivity contribution >= 4 is 23.2 Å². The molecular formula is C8H4Cl2N4. The average Bonchev–Trinajstić information content (AvgIpc) is 2.18. The van der Waals surface area contributed by atoms with E-state index < -0.39 is 0 Å². The van der Waals surface area contributed by atoms with E-state index in [1.807, 2.05) is 0 Å². The van der Waals surface area contributed by atoms with Crippen molar-refractivity contribution in [2.75, 3.05) is 0 Å². The predicted octanol–water partition coefficient (Wildman–Crippen LogP) is 2.24. The summed E-state index contributed by atoms with van der Waals surface area (Å²) in [6.45, 7) is 0. The van der Waals surface area contributed by atoms with Crippen LogP contribution in [0.4, 0.5) is 0 Å². The molecular weight excluding hydrogens is 223 g/mol. The molecule has 2 aromatic heterocycles. The molecule has 0 saturated heterocycles. The van der Waals surface area contributed by atoms with Gasteiger partial charge in [0, 0.05) is 11.8 Å². The largest absolute Gasteiger partial charge is 0.245 e. The molecule has 4 nitrogen and oxygen atoms in total. The van der Waals surface area contributed by atoms with Crippen LogP contribution in [0.2, 0.25) is 10.4 Å². The Morgan fingerprint density at radius 3 is 2.64 bits per heavy atom. The highest BCUT2D eigenvalue weighted by molar-refractivity contribution is 6.29. The summed E-state index contributed by atoms with van der Waals surface area (Å²) < 4.78 is 0. The quantitative estimate of drug-likeness (QED) is 0.701. The van der Waals surface area contributed by atoms with Crippen molar-refractivity contribution in [1.29, 1.82) is 0 Å². The third-order valence-electron chi connectivity index (χ3n) is 1.53. The second-order valence-corrected chi connectivity index (χ2v) is 3.17. The molecule has 6 heteroatoms. The lowest BCUT2D eigenvalue weighted by Gasteiger charge is -1.98. The van der Waals surface area contributed by atoms with E-state index in [9.17, 15) is 0 Å². The van der Waals surface area contributed by atoms with Gasteiger partial charge in [-0.2, -0.15) is 4.98 Å². The van der Waals surface area contributed by atoms with Gasteiger partial charge < -0.3 is 0 Å². The molecule has 0 unspecified atom stereocenters. The number of nitrogens with zero attached hydrogens (tertiary/aromatic N) is 4. The van der Waals surface area contributed by atoms with Gasteiger partial charge >= 0.3 is 0 Å². The monoisotopic (exact) mass is 226 g/mol. The van der Waals surface area contributed by atoms with Crippen molar-refractivity contribution in [3.63, 3.8) is 0 Å². The lowest BCUT2D eigenvalue weighted by atomic mass is 10.2. The SMILES string of the molecule is Clc1cc(-c2ncnc(Cl)n2)ccn1. The molecule has 0 N–H and O–H groups in total. The van der Waals surface area contributed by atoms with Crippen LogP contribution in [0.1, 0.15) is 0 Å². The minimum Gasteiger partial charge on any atom is -0.245 e. The lowest BCUT2D eigenvalue weighted by molar-refractivity contribution is 1.05. The Morgan fingerprint density at radius 2 is 1.93 bits per heavy atom. The Labute approximate surface area is 90.0 Å². The molecule has 0 fully saturated rings. The number of rotatable bonds is 1. The van der Waals surface area contributed by atoms with Gasteiger partial charge in [0.25, 0.3) is 0 Å². The van der Waals surface area contributed by atoms with Gasteiger partial charge in [-0.1, -0.05) is 11.6 Å². The van der Waals surface area contributed by atoms with Gasteiger partial charge in [0.15, 0.2) is 5.82 Å². The summed E-state index contributed by atoms with van der Waals surface area (Å²) in [6.07, 6.45) is 2.92. The summed E-state index contributed by atoms with van der Waals surface area (Å²) in [6, 6.07) is 3.41. The summed E-state index contributed by atoms with van der Waals surface area (Å²) in [4.78, 5) is 15.4. The van der Waals surface area contributed by atoms with Crippen LogP contribution in [0, 0.1) is 0 Å². The number of hydrogen-bond donors (Lipinski definition) is 0. The molecule has 70 valence electrons. The molecule has 0 spiro atoms. The highest BCUT2D eigenvalue weighted by Gasteiger charge is 2.02. The second-order valence-electron chi connectivity index (χ2n) is 2.45. The summed E-state index contributed by atoms with van der Waals surface area (Å²) in [5.74, 6) is 0.481. The Morgan fingerprint density at radius 1 is 1.07 bits per heavy atom. The van der Waals surface area contributed by atoms with Gasteiger partial charge in [-0.05, 0) is 23.7 Å². The fourth-order valence-electron chi connectivity index (χ4n) is 0.957. The smallest absolute Gasteiger partial charge is 0.225 e. The van der Waals surface area contributed by atoms with Crippen molar-refractivity contribution in [2.45, 2.75) is 0 Å². The van der Waals surface area contributed by atoms with Crippen molar-refractivity contribution in [3.05, 3.63) is 35.1 Å². The second kappa shape index (κ2) is 3.86. The van der Waals surface area contributed by atoms with Crippen LogP contribution in [0.25, 0.3) is 11.4 Å². The summed E-state index contributed by atoms with van der Waals surface area (Å²) >= 11 is 11.3. The number of halogens is 2. The summed E-state index contributed by atoms with van der Waals surface area (Å²) in [5.41, 5.74) is 0.759. The van der Waals surface area contributed by atoms with Gasteiger partial charge in [-0.25, -0.2) is 15.0 Å². The van der Waals surface area contributed by atoms with Crippen molar-refractivity contribution in [2.24, 2.45) is 0 Å². The molecule has 0 saturated carbocycles. The number of pyridine rings is 1. The third kappa shape index (κ3) is 1.97. The van der Waals surface area contributed by atoms with E-state index in [4.69, 9.17) is 23.2 Å².